The van der Waals surface area contributed by atoms with Crippen molar-refractivity contribution in [3.8, 4) is 5.75 Å². The second kappa shape index (κ2) is 5.60. The van der Waals surface area contributed by atoms with E-state index in [-0.39, 0.29) is 5.91 Å². The molecular weight excluding hydrogens is 270 g/mol. The number of benzene rings is 1. The molecule has 0 aromatic heterocycles. The van der Waals surface area contributed by atoms with E-state index in [4.69, 9.17) is 9.84 Å². The zero-order valence-corrected chi connectivity index (χ0v) is 12.4. The molecule has 0 radical (unpaired) electrons. The van der Waals surface area contributed by atoms with E-state index in [9.17, 15) is 9.59 Å². The van der Waals surface area contributed by atoms with Crippen LogP contribution in [-0.2, 0) is 16.0 Å². The first-order valence-corrected chi connectivity index (χ1v) is 6.77. The van der Waals surface area contributed by atoms with E-state index in [1.165, 1.54) is 31.9 Å². The van der Waals surface area contributed by atoms with Crippen LogP contribution in [0.15, 0.2) is 24.3 Å². The van der Waals surface area contributed by atoms with Crippen molar-refractivity contribution in [2.75, 3.05) is 13.7 Å². The fraction of sp³-hybridized carbons (Fsp3) is 0.375. The van der Waals surface area contributed by atoms with Crippen LogP contribution >= 0.6 is 0 Å². The summed E-state index contributed by atoms with van der Waals surface area (Å²) in [5.41, 5.74) is 0.783. The molecule has 0 bridgehead atoms. The highest BCUT2D eigenvalue weighted by molar-refractivity contribution is 5.95. The van der Waals surface area contributed by atoms with Gasteiger partial charge in [-0.15, -0.1) is 0 Å². The van der Waals surface area contributed by atoms with Crippen molar-refractivity contribution in [1.82, 2.24) is 4.90 Å². The van der Waals surface area contributed by atoms with E-state index in [0.29, 0.717) is 6.61 Å². The SMILES string of the molecule is CN(C(=O)C=Cc1ccc2c(c1)CCO2)C(C)(C)C(=O)O. The van der Waals surface area contributed by atoms with Crippen LogP contribution in [0.5, 0.6) is 5.75 Å². The summed E-state index contributed by atoms with van der Waals surface area (Å²) in [6.07, 6.45) is 3.95. The molecule has 0 saturated heterocycles. The quantitative estimate of drug-likeness (QED) is 0.860. The Morgan fingerprint density at radius 1 is 1.38 bits per heavy atom. The monoisotopic (exact) mass is 289 g/mol. The summed E-state index contributed by atoms with van der Waals surface area (Å²) < 4.78 is 5.42. The van der Waals surface area contributed by atoms with E-state index < -0.39 is 11.5 Å². The number of nitrogens with zero attached hydrogens (tertiary/aromatic N) is 1. The molecule has 0 fully saturated rings. The van der Waals surface area contributed by atoms with Gasteiger partial charge in [0.05, 0.1) is 6.61 Å². The number of rotatable bonds is 4. The molecule has 0 spiro atoms. The van der Waals surface area contributed by atoms with Crippen LogP contribution < -0.4 is 4.74 Å². The number of ether oxygens (including phenoxy) is 1. The van der Waals surface area contributed by atoms with Crippen LogP contribution in [0, 0.1) is 0 Å². The van der Waals surface area contributed by atoms with E-state index in [0.717, 1.165) is 23.3 Å². The van der Waals surface area contributed by atoms with Crippen molar-refractivity contribution < 1.29 is 19.4 Å². The smallest absolute Gasteiger partial charge is 0.329 e. The van der Waals surface area contributed by atoms with Gasteiger partial charge in [-0.1, -0.05) is 6.07 Å². The van der Waals surface area contributed by atoms with Crippen molar-refractivity contribution >= 4 is 18.0 Å². The minimum Gasteiger partial charge on any atom is -0.493 e. The Kier molecular flexibility index (Phi) is 4.02. The zero-order chi connectivity index (χ0) is 15.6. The van der Waals surface area contributed by atoms with Crippen LogP contribution in [0.3, 0.4) is 0 Å². The molecule has 112 valence electrons. The van der Waals surface area contributed by atoms with Crippen LogP contribution in [0.1, 0.15) is 25.0 Å². The Hall–Kier alpha value is -2.30. The lowest BCUT2D eigenvalue weighted by molar-refractivity contribution is -0.153. The molecule has 0 aliphatic carbocycles. The van der Waals surface area contributed by atoms with Gasteiger partial charge in [-0.05, 0) is 43.2 Å². The van der Waals surface area contributed by atoms with Gasteiger partial charge < -0.3 is 14.7 Å². The first-order valence-electron chi connectivity index (χ1n) is 6.77. The average molecular weight is 289 g/mol. The fourth-order valence-electron chi connectivity index (χ4n) is 2.01. The molecule has 2 rings (SSSR count). The largest absolute Gasteiger partial charge is 0.493 e. The maximum absolute atomic E-state index is 12.1. The Labute approximate surface area is 123 Å². The predicted molar refractivity (Wildman–Crippen MR) is 79.2 cm³/mol. The number of carbonyl (C=O) groups excluding carboxylic acids is 1. The Morgan fingerprint density at radius 2 is 2.10 bits per heavy atom. The fourth-order valence-corrected chi connectivity index (χ4v) is 2.01. The highest BCUT2D eigenvalue weighted by Crippen LogP contribution is 2.26. The molecule has 1 heterocycles. The van der Waals surface area contributed by atoms with Gasteiger partial charge in [0.25, 0.3) is 0 Å². The Balaban J connectivity index is 2.10. The lowest BCUT2D eigenvalue weighted by Crippen LogP contribution is -2.50. The number of carboxylic acid groups (broad SMARTS) is 1. The third-order valence-corrected chi connectivity index (χ3v) is 3.82. The summed E-state index contributed by atoms with van der Waals surface area (Å²) in [6.45, 7) is 3.68. The highest BCUT2D eigenvalue weighted by Gasteiger charge is 2.34. The van der Waals surface area contributed by atoms with Gasteiger partial charge in [0, 0.05) is 19.5 Å². The van der Waals surface area contributed by atoms with Crippen LogP contribution in [0.25, 0.3) is 6.08 Å². The summed E-state index contributed by atoms with van der Waals surface area (Å²) in [6, 6.07) is 5.74. The molecule has 0 atom stereocenters. The molecule has 5 nitrogen and oxygen atoms in total. The number of hydrogen-bond acceptors (Lipinski definition) is 3. The Bertz CT molecular complexity index is 604. The summed E-state index contributed by atoms with van der Waals surface area (Å²) in [5.74, 6) is -0.497. The van der Waals surface area contributed by atoms with Crippen molar-refractivity contribution in [3.05, 3.63) is 35.4 Å². The van der Waals surface area contributed by atoms with Crippen LogP contribution in [0.4, 0.5) is 0 Å². The Morgan fingerprint density at radius 3 is 2.76 bits per heavy atom. The molecule has 0 unspecified atom stereocenters. The van der Waals surface area contributed by atoms with E-state index in [2.05, 4.69) is 0 Å². The number of fused-ring (bicyclic) bond motifs is 1. The van der Waals surface area contributed by atoms with Gasteiger partial charge in [0.1, 0.15) is 11.3 Å². The molecule has 5 heteroatoms. The lowest BCUT2D eigenvalue weighted by atomic mass is 10.0. The number of aliphatic carboxylic acids is 1. The van der Waals surface area contributed by atoms with Gasteiger partial charge in [-0.2, -0.15) is 0 Å². The van der Waals surface area contributed by atoms with E-state index in [1.807, 2.05) is 18.2 Å². The summed E-state index contributed by atoms with van der Waals surface area (Å²) in [5, 5.41) is 9.12. The number of carboxylic acids is 1. The molecule has 1 aromatic rings. The lowest BCUT2D eigenvalue weighted by Gasteiger charge is -2.30. The number of likely N-dealkylation sites (N-methyl/N-ethyl adjacent to an activating group) is 1. The maximum atomic E-state index is 12.1. The van der Waals surface area contributed by atoms with Crippen molar-refractivity contribution in [2.45, 2.75) is 25.8 Å². The van der Waals surface area contributed by atoms with Crippen molar-refractivity contribution in [1.29, 1.82) is 0 Å². The molecular formula is C16H19NO4. The molecule has 1 aromatic carbocycles. The van der Waals surface area contributed by atoms with Gasteiger partial charge in [-0.25, -0.2) is 4.79 Å². The average Bonchev–Trinajstić information content (AvgIpc) is 2.91. The number of carbonyl (C=O) groups is 2. The number of amides is 1. The van der Waals surface area contributed by atoms with Gasteiger partial charge in [-0.3, -0.25) is 4.79 Å². The topological polar surface area (TPSA) is 66.8 Å². The molecule has 1 N–H and O–H groups in total. The van der Waals surface area contributed by atoms with Gasteiger partial charge in [0.15, 0.2) is 0 Å². The minimum atomic E-state index is -1.24. The first kappa shape index (κ1) is 15.1. The summed E-state index contributed by atoms with van der Waals surface area (Å²) >= 11 is 0. The standard InChI is InChI=1S/C16H19NO4/c1-16(2,15(19)20)17(3)14(18)7-5-11-4-6-13-12(10-11)8-9-21-13/h4-7,10H,8-9H2,1-3H3,(H,19,20). The second-order valence-corrected chi connectivity index (χ2v) is 5.56. The van der Waals surface area contributed by atoms with Crippen LogP contribution in [-0.4, -0.2) is 41.1 Å². The first-order chi connectivity index (χ1) is 9.82. The molecule has 1 aliphatic rings. The van der Waals surface area contributed by atoms with Gasteiger partial charge >= 0.3 is 5.97 Å². The molecule has 1 amide bonds. The van der Waals surface area contributed by atoms with Crippen molar-refractivity contribution in [3.63, 3.8) is 0 Å². The van der Waals surface area contributed by atoms with Crippen molar-refractivity contribution in [2.24, 2.45) is 0 Å². The maximum Gasteiger partial charge on any atom is 0.329 e. The van der Waals surface area contributed by atoms with E-state index >= 15 is 0 Å². The van der Waals surface area contributed by atoms with E-state index in [1.54, 1.807) is 6.08 Å². The van der Waals surface area contributed by atoms with Gasteiger partial charge in [0.2, 0.25) is 5.91 Å². The minimum absolute atomic E-state index is 0.348. The predicted octanol–water partition coefficient (Wildman–Crippen LogP) is 1.96. The summed E-state index contributed by atoms with van der Waals surface area (Å²) in [4.78, 5) is 24.4. The molecule has 0 saturated carbocycles. The zero-order valence-electron chi connectivity index (χ0n) is 12.4. The number of hydrogen-bond donors (Lipinski definition) is 1. The second-order valence-electron chi connectivity index (χ2n) is 5.56. The molecule has 21 heavy (non-hydrogen) atoms. The van der Waals surface area contributed by atoms with Crippen LogP contribution in [0.2, 0.25) is 0 Å². The third kappa shape index (κ3) is 3.07. The normalized spacial score (nSPS) is 13.9. The molecule has 1 aliphatic heterocycles. The third-order valence-electron chi connectivity index (χ3n) is 3.82. The highest BCUT2D eigenvalue weighted by atomic mass is 16.5. The summed E-state index contributed by atoms with van der Waals surface area (Å²) in [7, 11) is 1.48.